The van der Waals surface area contributed by atoms with Crippen LogP contribution in [0.4, 0.5) is 0 Å². The van der Waals surface area contributed by atoms with Gasteiger partial charge in [0.25, 0.3) is 5.91 Å². The smallest absolute Gasteiger partial charge is 0.255 e. The van der Waals surface area contributed by atoms with E-state index >= 15 is 0 Å². The van der Waals surface area contributed by atoms with Crippen molar-refractivity contribution in [2.45, 2.75) is 56.8 Å². The highest BCUT2D eigenvalue weighted by Gasteiger charge is 2.27. The minimum Gasteiger partial charge on any atom is -0.496 e. The summed E-state index contributed by atoms with van der Waals surface area (Å²) in [5.74, 6) is 0.0821. The van der Waals surface area contributed by atoms with Gasteiger partial charge in [-0.1, -0.05) is 32.6 Å². The lowest BCUT2D eigenvalue weighted by molar-refractivity contribution is 0.0949. The maximum absolute atomic E-state index is 13.0. The van der Waals surface area contributed by atoms with Crippen LogP contribution in [-0.4, -0.2) is 45.4 Å². The molecule has 26 heavy (non-hydrogen) atoms. The highest BCUT2D eigenvalue weighted by molar-refractivity contribution is 7.89. The molecule has 1 N–H and O–H groups in total. The fraction of sp³-hybridized carbons (Fsp3) is 0.632. The molecule has 0 bridgehead atoms. The fourth-order valence-electron chi connectivity index (χ4n) is 3.13. The van der Waals surface area contributed by atoms with E-state index < -0.39 is 10.0 Å². The van der Waals surface area contributed by atoms with Gasteiger partial charge in [0.05, 0.1) is 17.6 Å². The summed E-state index contributed by atoms with van der Waals surface area (Å²) in [6, 6.07) is 4.52. The lowest BCUT2D eigenvalue weighted by atomic mass is 10.2. The first-order valence-electron chi connectivity index (χ1n) is 9.47. The van der Waals surface area contributed by atoms with Crippen LogP contribution in [-0.2, 0) is 10.0 Å². The highest BCUT2D eigenvalue weighted by Crippen LogP contribution is 2.26. The molecule has 1 heterocycles. The normalized spacial score (nSPS) is 16.1. The Morgan fingerprint density at radius 1 is 1.15 bits per heavy atom. The van der Waals surface area contributed by atoms with Crippen molar-refractivity contribution in [3.05, 3.63) is 23.8 Å². The van der Waals surface area contributed by atoms with Crippen molar-refractivity contribution >= 4 is 15.9 Å². The molecule has 2 rings (SSSR count). The third-order valence-corrected chi connectivity index (χ3v) is 6.58. The van der Waals surface area contributed by atoms with E-state index in [-0.39, 0.29) is 16.4 Å². The van der Waals surface area contributed by atoms with Crippen LogP contribution < -0.4 is 10.1 Å². The third kappa shape index (κ3) is 5.20. The Morgan fingerprint density at radius 2 is 1.85 bits per heavy atom. The van der Waals surface area contributed by atoms with Crippen LogP contribution in [0.15, 0.2) is 23.1 Å². The predicted molar refractivity (Wildman–Crippen MR) is 102 cm³/mol. The third-order valence-electron chi connectivity index (χ3n) is 4.68. The molecule has 0 aromatic heterocycles. The molecule has 0 aliphatic carbocycles. The maximum atomic E-state index is 13.0. The van der Waals surface area contributed by atoms with E-state index in [1.807, 2.05) is 0 Å². The summed E-state index contributed by atoms with van der Waals surface area (Å²) in [7, 11) is -2.12. The minimum absolute atomic E-state index is 0.152. The molecule has 1 amide bonds. The summed E-state index contributed by atoms with van der Waals surface area (Å²) in [6.07, 6.45) is 6.88. The summed E-state index contributed by atoms with van der Waals surface area (Å²) in [5.41, 5.74) is 0.264. The molecule has 0 atom stereocenters. The molecule has 1 saturated heterocycles. The molecule has 1 aromatic rings. The van der Waals surface area contributed by atoms with E-state index in [9.17, 15) is 13.2 Å². The summed E-state index contributed by atoms with van der Waals surface area (Å²) in [4.78, 5) is 12.7. The highest BCUT2D eigenvalue weighted by atomic mass is 32.2. The molecule has 1 aliphatic heterocycles. The van der Waals surface area contributed by atoms with E-state index in [4.69, 9.17) is 4.74 Å². The second kappa shape index (κ2) is 9.92. The number of hydrogen-bond donors (Lipinski definition) is 1. The summed E-state index contributed by atoms with van der Waals surface area (Å²) in [6.45, 7) is 3.74. The van der Waals surface area contributed by atoms with Gasteiger partial charge in [0.2, 0.25) is 10.0 Å². The number of ether oxygens (including phenoxy) is 1. The molecular weight excluding hydrogens is 352 g/mol. The van der Waals surface area contributed by atoms with E-state index in [0.29, 0.717) is 25.4 Å². The number of sulfonamides is 1. The van der Waals surface area contributed by atoms with Crippen molar-refractivity contribution in [3.8, 4) is 5.75 Å². The second-order valence-corrected chi connectivity index (χ2v) is 8.58. The molecule has 0 saturated carbocycles. The van der Waals surface area contributed by atoms with Gasteiger partial charge in [-0.2, -0.15) is 4.31 Å². The van der Waals surface area contributed by atoms with E-state index in [1.54, 1.807) is 6.07 Å². The van der Waals surface area contributed by atoms with Crippen LogP contribution >= 0.6 is 0 Å². The molecule has 7 heteroatoms. The van der Waals surface area contributed by atoms with Gasteiger partial charge >= 0.3 is 0 Å². The van der Waals surface area contributed by atoms with E-state index in [0.717, 1.165) is 44.9 Å². The molecule has 0 unspecified atom stereocenters. The number of methoxy groups -OCH3 is 1. The number of rotatable bonds is 8. The Bertz CT molecular complexity index is 695. The number of carbonyl (C=O) groups excluding carboxylic acids is 1. The Hall–Kier alpha value is -1.60. The number of nitrogens with one attached hydrogen (secondary N) is 1. The van der Waals surface area contributed by atoms with Gasteiger partial charge in [-0.3, -0.25) is 4.79 Å². The van der Waals surface area contributed by atoms with Crippen molar-refractivity contribution in [1.82, 2.24) is 9.62 Å². The fourth-order valence-corrected chi connectivity index (χ4v) is 4.67. The number of amides is 1. The maximum Gasteiger partial charge on any atom is 0.255 e. The first-order valence-corrected chi connectivity index (χ1v) is 10.9. The lowest BCUT2D eigenvalue weighted by Gasteiger charge is -2.20. The molecular formula is C19H30N2O4S. The topological polar surface area (TPSA) is 75.7 Å². The Balaban J connectivity index is 2.23. The largest absolute Gasteiger partial charge is 0.496 e. The summed E-state index contributed by atoms with van der Waals surface area (Å²) < 4.78 is 32.7. The Kier molecular flexibility index (Phi) is 7.90. The second-order valence-electron chi connectivity index (χ2n) is 6.64. The quantitative estimate of drug-likeness (QED) is 0.701. The van der Waals surface area contributed by atoms with Gasteiger partial charge in [-0.25, -0.2) is 8.42 Å². The summed E-state index contributed by atoms with van der Waals surface area (Å²) >= 11 is 0. The standard InChI is InChI=1S/C19H30N2O4S/c1-3-4-7-12-20-19(22)17-15-16(10-11-18(17)25-2)26(23,24)21-13-8-5-6-9-14-21/h10-11,15H,3-9,12-14H2,1-2H3,(H,20,22). The molecule has 146 valence electrons. The van der Waals surface area contributed by atoms with Crippen molar-refractivity contribution in [3.63, 3.8) is 0 Å². The Morgan fingerprint density at radius 3 is 2.46 bits per heavy atom. The van der Waals surface area contributed by atoms with Gasteiger partial charge in [0, 0.05) is 19.6 Å². The first-order chi connectivity index (χ1) is 12.5. The zero-order valence-electron chi connectivity index (χ0n) is 15.8. The van der Waals surface area contributed by atoms with Crippen LogP contribution in [0.25, 0.3) is 0 Å². The van der Waals surface area contributed by atoms with Gasteiger partial charge in [0.15, 0.2) is 0 Å². The zero-order valence-corrected chi connectivity index (χ0v) is 16.6. The number of hydrogen-bond acceptors (Lipinski definition) is 4. The van der Waals surface area contributed by atoms with Crippen LogP contribution in [0, 0.1) is 0 Å². The van der Waals surface area contributed by atoms with Gasteiger partial charge in [-0.15, -0.1) is 0 Å². The zero-order chi connectivity index (χ0) is 19.0. The van der Waals surface area contributed by atoms with Crippen molar-refractivity contribution in [2.75, 3.05) is 26.7 Å². The minimum atomic E-state index is -3.60. The molecule has 1 aromatic carbocycles. The first kappa shape index (κ1) is 20.7. The van der Waals surface area contributed by atoms with Crippen LogP contribution in [0.2, 0.25) is 0 Å². The SMILES string of the molecule is CCCCCNC(=O)c1cc(S(=O)(=O)N2CCCCCC2)ccc1OC. The Labute approximate surface area is 157 Å². The average molecular weight is 383 g/mol. The number of benzene rings is 1. The lowest BCUT2D eigenvalue weighted by Crippen LogP contribution is -2.32. The summed E-state index contributed by atoms with van der Waals surface area (Å²) in [5, 5.41) is 2.85. The number of nitrogens with zero attached hydrogens (tertiary/aromatic N) is 1. The van der Waals surface area contributed by atoms with Gasteiger partial charge in [-0.05, 0) is 37.5 Å². The van der Waals surface area contributed by atoms with Crippen molar-refractivity contribution in [2.24, 2.45) is 0 Å². The predicted octanol–water partition coefficient (Wildman–Crippen LogP) is 3.18. The van der Waals surface area contributed by atoms with Gasteiger partial charge in [0.1, 0.15) is 5.75 Å². The molecule has 1 fully saturated rings. The average Bonchev–Trinajstić information content (AvgIpc) is 2.94. The number of carbonyl (C=O) groups is 1. The van der Waals surface area contributed by atoms with Crippen molar-refractivity contribution in [1.29, 1.82) is 0 Å². The molecule has 6 nitrogen and oxygen atoms in total. The van der Waals surface area contributed by atoms with E-state index in [1.165, 1.54) is 23.5 Å². The van der Waals surface area contributed by atoms with E-state index in [2.05, 4.69) is 12.2 Å². The molecule has 1 aliphatic rings. The molecule has 0 spiro atoms. The monoisotopic (exact) mass is 382 g/mol. The van der Waals surface area contributed by atoms with Crippen LogP contribution in [0.5, 0.6) is 5.75 Å². The van der Waals surface area contributed by atoms with Crippen LogP contribution in [0.3, 0.4) is 0 Å². The molecule has 0 radical (unpaired) electrons. The van der Waals surface area contributed by atoms with Crippen molar-refractivity contribution < 1.29 is 17.9 Å². The van der Waals surface area contributed by atoms with Crippen LogP contribution in [0.1, 0.15) is 62.2 Å². The van der Waals surface area contributed by atoms with Gasteiger partial charge < -0.3 is 10.1 Å². The number of unbranched alkanes of at least 4 members (excludes halogenated alkanes) is 2.